The van der Waals surface area contributed by atoms with Gasteiger partial charge in [-0.05, 0) is 24.6 Å². The third-order valence-corrected chi connectivity index (χ3v) is 2.01. The molecule has 78 valence electrons. The number of nitrogens with one attached hydrogen (secondary N) is 1. The number of aliphatic hydroxyl groups is 1. The highest BCUT2D eigenvalue weighted by atomic mass is 19.2. The van der Waals surface area contributed by atoms with E-state index in [1.165, 1.54) is 6.07 Å². The van der Waals surface area contributed by atoms with Crippen molar-refractivity contribution in [3.63, 3.8) is 0 Å². The van der Waals surface area contributed by atoms with Crippen molar-refractivity contribution in [3.8, 4) is 0 Å². The Labute approximate surface area is 81.6 Å². The Balaban J connectivity index is 2.70. The second-order valence-electron chi connectivity index (χ2n) is 3.07. The van der Waals surface area contributed by atoms with Crippen LogP contribution in [0.4, 0.5) is 8.78 Å². The molecule has 2 N–H and O–H groups in total. The molecule has 1 aromatic rings. The summed E-state index contributed by atoms with van der Waals surface area (Å²) in [6.07, 6.45) is 0. The molecule has 0 bridgehead atoms. The molecule has 0 saturated heterocycles. The van der Waals surface area contributed by atoms with Crippen LogP contribution in [0, 0.1) is 11.6 Å². The molecule has 0 heterocycles. The maximum absolute atomic E-state index is 12.8. The third kappa shape index (κ3) is 2.75. The second kappa shape index (κ2) is 5.02. The zero-order valence-corrected chi connectivity index (χ0v) is 7.93. The quantitative estimate of drug-likeness (QED) is 0.775. The van der Waals surface area contributed by atoms with Gasteiger partial charge >= 0.3 is 0 Å². The summed E-state index contributed by atoms with van der Waals surface area (Å²) in [5.74, 6) is -1.69. The summed E-state index contributed by atoms with van der Waals surface area (Å²) in [5, 5.41) is 11.5. The monoisotopic (exact) mass is 201 g/mol. The number of benzene rings is 1. The Morgan fingerprint density at radius 1 is 1.36 bits per heavy atom. The Morgan fingerprint density at radius 3 is 2.64 bits per heavy atom. The van der Waals surface area contributed by atoms with Gasteiger partial charge in [-0.2, -0.15) is 0 Å². The van der Waals surface area contributed by atoms with E-state index in [2.05, 4.69) is 5.32 Å². The van der Waals surface area contributed by atoms with Gasteiger partial charge in [-0.1, -0.05) is 6.07 Å². The Hall–Kier alpha value is -1.00. The van der Waals surface area contributed by atoms with Gasteiger partial charge in [0, 0.05) is 12.6 Å². The fraction of sp³-hybridized carbons (Fsp3) is 0.400. The van der Waals surface area contributed by atoms with E-state index in [-0.39, 0.29) is 12.6 Å². The number of hydrogen-bond donors (Lipinski definition) is 2. The first-order chi connectivity index (χ1) is 6.65. The lowest BCUT2D eigenvalue weighted by Crippen LogP contribution is -2.22. The van der Waals surface area contributed by atoms with Crippen molar-refractivity contribution in [2.24, 2.45) is 0 Å². The van der Waals surface area contributed by atoms with Crippen molar-refractivity contribution in [3.05, 3.63) is 35.4 Å². The molecule has 4 heteroatoms. The summed E-state index contributed by atoms with van der Waals surface area (Å²) in [4.78, 5) is 0. The van der Waals surface area contributed by atoms with E-state index in [1.807, 2.05) is 6.92 Å². The second-order valence-corrected chi connectivity index (χ2v) is 3.07. The van der Waals surface area contributed by atoms with Gasteiger partial charge < -0.3 is 10.4 Å². The van der Waals surface area contributed by atoms with E-state index in [1.54, 1.807) is 0 Å². The van der Waals surface area contributed by atoms with Crippen LogP contribution in [0.25, 0.3) is 0 Å². The largest absolute Gasteiger partial charge is 0.395 e. The first-order valence-electron chi connectivity index (χ1n) is 4.44. The average Bonchev–Trinajstić information content (AvgIpc) is 2.18. The molecule has 14 heavy (non-hydrogen) atoms. The Morgan fingerprint density at radius 2 is 2.07 bits per heavy atom. The van der Waals surface area contributed by atoms with Crippen LogP contribution in [0.15, 0.2) is 18.2 Å². The van der Waals surface area contributed by atoms with Crippen LogP contribution < -0.4 is 5.32 Å². The molecule has 1 atom stereocenters. The van der Waals surface area contributed by atoms with Crippen LogP contribution >= 0.6 is 0 Å². The van der Waals surface area contributed by atoms with E-state index >= 15 is 0 Å². The lowest BCUT2D eigenvalue weighted by atomic mass is 10.1. The number of hydrogen-bond acceptors (Lipinski definition) is 2. The van der Waals surface area contributed by atoms with Crippen molar-refractivity contribution in [1.29, 1.82) is 0 Å². The number of rotatable bonds is 4. The molecule has 0 aliphatic carbocycles. The smallest absolute Gasteiger partial charge is 0.159 e. The summed E-state index contributed by atoms with van der Waals surface area (Å²) in [6.45, 7) is 2.27. The molecular formula is C10H13F2NO. The molecule has 2 nitrogen and oxygen atoms in total. The normalized spacial score (nSPS) is 12.9. The van der Waals surface area contributed by atoms with Gasteiger partial charge in [-0.15, -0.1) is 0 Å². The minimum atomic E-state index is -0.847. The van der Waals surface area contributed by atoms with Crippen LogP contribution in [0.3, 0.4) is 0 Å². The highest BCUT2D eigenvalue weighted by Crippen LogP contribution is 2.15. The van der Waals surface area contributed by atoms with E-state index in [4.69, 9.17) is 5.11 Å². The van der Waals surface area contributed by atoms with Gasteiger partial charge in [0.25, 0.3) is 0 Å². The molecule has 0 unspecified atom stereocenters. The zero-order chi connectivity index (χ0) is 10.6. The minimum Gasteiger partial charge on any atom is -0.395 e. The summed E-state index contributed by atoms with van der Waals surface area (Å²) in [5.41, 5.74) is 0.664. The molecule has 0 aromatic heterocycles. The predicted molar refractivity (Wildman–Crippen MR) is 49.9 cm³/mol. The van der Waals surface area contributed by atoms with E-state index in [0.29, 0.717) is 12.1 Å². The molecule has 1 rings (SSSR count). The van der Waals surface area contributed by atoms with E-state index in [0.717, 1.165) is 12.1 Å². The summed E-state index contributed by atoms with van der Waals surface area (Å²) in [6, 6.07) is 3.68. The highest BCUT2D eigenvalue weighted by Gasteiger charge is 2.07. The molecular weight excluding hydrogens is 188 g/mol. The van der Waals surface area contributed by atoms with Crippen LogP contribution in [-0.2, 0) is 0 Å². The van der Waals surface area contributed by atoms with Crippen molar-refractivity contribution in [2.75, 3.05) is 13.2 Å². The van der Waals surface area contributed by atoms with Crippen molar-refractivity contribution in [1.82, 2.24) is 5.32 Å². The van der Waals surface area contributed by atoms with E-state index < -0.39 is 11.6 Å². The molecule has 0 radical (unpaired) electrons. The number of halogens is 2. The van der Waals surface area contributed by atoms with Crippen LogP contribution in [0.5, 0.6) is 0 Å². The van der Waals surface area contributed by atoms with Crippen molar-refractivity contribution >= 4 is 0 Å². The predicted octanol–water partition coefficient (Wildman–Crippen LogP) is 1.61. The lowest BCUT2D eigenvalue weighted by Gasteiger charge is -2.13. The number of aliphatic hydroxyl groups excluding tert-OH is 1. The van der Waals surface area contributed by atoms with E-state index in [9.17, 15) is 8.78 Å². The topological polar surface area (TPSA) is 32.3 Å². The van der Waals surface area contributed by atoms with Gasteiger partial charge in [0.1, 0.15) is 0 Å². The van der Waals surface area contributed by atoms with Gasteiger partial charge in [-0.3, -0.25) is 0 Å². The fourth-order valence-corrected chi connectivity index (χ4v) is 1.18. The lowest BCUT2D eigenvalue weighted by molar-refractivity contribution is 0.286. The molecule has 0 saturated carbocycles. The maximum atomic E-state index is 12.8. The van der Waals surface area contributed by atoms with Crippen LogP contribution in [0.1, 0.15) is 18.5 Å². The van der Waals surface area contributed by atoms with Crippen molar-refractivity contribution < 1.29 is 13.9 Å². The third-order valence-electron chi connectivity index (χ3n) is 2.01. The van der Waals surface area contributed by atoms with Crippen LogP contribution in [-0.4, -0.2) is 18.3 Å². The first kappa shape index (κ1) is 11.1. The Bertz CT molecular complexity index is 304. The average molecular weight is 201 g/mol. The minimum absolute atomic E-state index is 0.0218. The standard InChI is InChI=1S/C10H13F2NO/c1-7(13-4-5-14)8-2-3-9(11)10(12)6-8/h2-3,6-7,13-14H,4-5H2,1H3/t7-/m0/s1. The maximum Gasteiger partial charge on any atom is 0.159 e. The van der Waals surface area contributed by atoms with Crippen molar-refractivity contribution in [2.45, 2.75) is 13.0 Å². The first-order valence-corrected chi connectivity index (χ1v) is 4.44. The molecule has 0 amide bonds. The highest BCUT2D eigenvalue weighted by molar-refractivity contribution is 5.20. The van der Waals surface area contributed by atoms with Crippen LogP contribution in [0.2, 0.25) is 0 Å². The summed E-state index contributed by atoms with van der Waals surface area (Å²) < 4.78 is 25.4. The van der Waals surface area contributed by atoms with Gasteiger partial charge in [0.05, 0.1) is 6.61 Å². The van der Waals surface area contributed by atoms with Gasteiger partial charge in [0.15, 0.2) is 11.6 Å². The molecule has 0 fully saturated rings. The summed E-state index contributed by atoms with van der Waals surface area (Å²) in [7, 11) is 0. The fourth-order valence-electron chi connectivity index (χ4n) is 1.18. The summed E-state index contributed by atoms with van der Waals surface area (Å²) >= 11 is 0. The molecule has 0 aliphatic heterocycles. The van der Waals surface area contributed by atoms with Gasteiger partial charge in [0.2, 0.25) is 0 Å². The SMILES string of the molecule is C[C@H](NCCO)c1ccc(F)c(F)c1. The zero-order valence-electron chi connectivity index (χ0n) is 7.93. The molecule has 0 spiro atoms. The Kier molecular flexibility index (Phi) is 3.98. The molecule has 1 aromatic carbocycles. The molecule has 0 aliphatic rings. The van der Waals surface area contributed by atoms with Gasteiger partial charge in [-0.25, -0.2) is 8.78 Å².